The number of hydrogen-bond donors (Lipinski definition) is 1. The van der Waals surface area contributed by atoms with Crippen molar-refractivity contribution in [2.75, 3.05) is 19.8 Å². The minimum absolute atomic E-state index is 0.0472. The summed E-state index contributed by atoms with van der Waals surface area (Å²) >= 11 is 0. The number of hydrogen-bond acceptors (Lipinski definition) is 6. The Hall–Kier alpha value is -3.49. The summed E-state index contributed by atoms with van der Waals surface area (Å²) in [7, 11) is 0. The highest BCUT2D eigenvalue weighted by atomic mass is 19.1. The van der Waals surface area contributed by atoms with E-state index in [9.17, 15) is 24.1 Å². The van der Waals surface area contributed by atoms with Gasteiger partial charge in [0, 0.05) is 17.7 Å². The molecule has 27 heavy (non-hydrogen) atoms. The molecule has 0 heterocycles. The summed E-state index contributed by atoms with van der Waals surface area (Å²) in [5, 5.41) is 13.6. The molecule has 0 saturated heterocycles. The van der Waals surface area contributed by atoms with Crippen molar-refractivity contribution in [2.24, 2.45) is 0 Å². The van der Waals surface area contributed by atoms with Gasteiger partial charge < -0.3 is 14.8 Å². The van der Waals surface area contributed by atoms with E-state index in [0.29, 0.717) is 5.75 Å². The zero-order chi connectivity index (χ0) is 19.8. The third kappa shape index (κ3) is 5.77. The van der Waals surface area contributed by atoms with Gasteiger partial charge in [0.05, 0.1) is 23.6 Å². The first-order valence-corrected chi connectivity index (χ1v) is 8.04. The molecule has 0 spiro atoms. The number of carbonyl (C=O) groups excluding carboxylic acids is 2. The third-order valence-corrected chi connectivity index (χ3v) is 3.37. The molecule has 2 aromatic rings. The normalized spacial score (nSPS) is 10.1. The second-order valence-corrected chi connectivity index (χ2v) is 5.30. The smallest absolute Gasteiger partial charge is 0.338 e. The monoisotopic (exact) mass is 376 g/mol. The first-order chi connectivity index (χ1) is 12.9. The summed E-state index contributed by atoms with van der Waals surface area (Å²) in [5.74, 6) is -1.31. The molecule has 0 atom stereocenters. The second kappa shape index (κ2) is 9.27. The Morgan fingerprint density at radius 2 is 1.81 bits per heavy atom. The van der Waals surface area contributed by atoms with Crippen LogP contribution in [-0.4, -0.2) is 36.6 Å². The highest BCUT2D eigenvalue weighted by Crippen LogP contribution is 2.18. The first kappa shape index (κ1) is 19.8. The van der Waals surface area contributed by atoms with Gasteiger partial charge in [-0.15, -0.1) is 0 Å². The van der Waals surface area contributed by atoms with Crippen LogP contribution in [0.25, 0.3) is 0 Å². The van der Waals surface area contributed by atoms with E-state index in [-0.39, 0.29) is 30.9 Å². The van der Waals surface area contributed by atoms with Crippen molar-refractivity contribution in [3.8, 4) is 5.75 Å². The molecule has 142 valence electrons. The summed E-state index contributed by atoms with van der Waals surface area (Å²) in [6.45, 7) is 1.92. The molecule has 0 aliphatic heterocycles. The lowest BCUT2D eigenvalue weighted by Crippen LogP contribution is -2.28. The Morgan fingerprint density at radius 1 is 1.15 bits per heavy atom. The molecule has 0 unspecified atom stereocenters. The zero-order valence-corrected chi connectivity index (χ0v) is 14.4. The Morgan fingerprint density at radius 3 is 2.44 bits per heavy atom. The molecule has 2 rings (SSSR count). The maximum absolute atomic E-state index is 12.8. The maximum Gasteiger partial charge on any atom is 0.338 e. The molecular weight excluding hydrogens is 359 g/mol. The Bertz CT molecular complexity index is 838. The van der Waals surface area contributed by atoms with E-state index in [1.54, 1.807) is 6.92 Å². The van der Waals surface area contributed by atoms with Crippen LogP contribution < -0.4 is 10.1 Å². The number of nitrogens with one attached hydrogen (secondary N) is 1. The zero-order valence-electron chi connectivity index (χ0n) is 14.4. The molecule has 0 aliphatic rings. The fraction of sp³-hybridized carbons (Fsp3) is 0.222. The first-order valence-electron chi connectivity index (χ1n) is 8.04. The molecule has 0 saturated carbocycles. The van der Waals surface area contributed by atoms with Crippen LogP contribution in [0.5, 0.6) is 5.75 Å². The number of esters is 1. The number of nitrogens with zero attached hydrogens (tertiary/aromatic N) is 1. The summed E-state index contributed by atoms with van der Waals surface area (Å²) < 4.78 is 23.0. The molecule has 9 heteroatoms. The lowest BCUT2D eigenvalue weighted by atomic mass is 10.1. The molecule has 0 bridgehead atoms. The minimum atomic E-state index is -0.755. The lowest BCUT2D eigenvalue weighted by molar-refractivity contribution is -0.384. The number of non-ortho nitro benzene ring substituents is 1. The molecule has 1 N–H and O–H groups in total. The van der Waals surface area contributed by atoms with Crippen molar-refractivity contribution in [3.63, 3.8) is 0 Å². The minimum Gasteiger partial charge on any atom is -0.492 e. The molecule has 0 aromatic heterocycles. The Kier molecular flexibility index (Phi) is 6.81. The van der Waals surface area contributed by atoms with Crippen LogP contribution in [0.2, 0.25) is 0 Å². The van der Waals surface area contributed by atoms with Crippen LogP contribution in [0.1, 0.15) is 27.6 Å². The van der Waals surface area contributed by atoms with Crippen molar-refractivity contribution in [1.82, 2.24) is 5.32 Å². The summed E-state index contributed by atoms with van der Waals surface area (Å²) in [5.41, 5.74) is -0.527. The highest BCUT2D eigenvalue weighted by Gasteiger charge is 2.18. The molecule has 8 nitrogen and oxygen atoms in total. The number of benzene rings is 2. The van der Waals surface area contributed by atoms with Crippen molar-refractivity contribution >= 4 is 17.6 Å². The van der Waals surface area contributed by atoms with E-state index in [4.69, 9.17) is 9.47 Å². The van der Waals surface area contributed by atoms with Gasteiger partial charge in [0.1, 0.15) is 18.2 Å². The number of nitro benzene ring substituents is 1. The van der Waals surface area contributed by atoms with Crippen molar-refractivity contribution in [2.45, 2.75) is 6.92 Å². The van der Waals surface area contributed by atoms with Crippen molar-refractivity contribution in [1.29, 1.82) is 0 Å². The van der Waals surface area contributed by atoms with E-state index >= 15 is 0 Å². The molecule has 1 amide bonds. The van der Waals surface area contributed by atoms with Crippen LogP contribution in [0.15, 0.2) is 42.5 Å². The lowest BCUT2D eigenvalue weighted by Gasteiger charge is -2.09. The second-order valence-electron chi connectivity index (χ2n) is 5.30. The summed E-state index contributed by atoms with van der Waals surface area (Å²) in [4.78, 5) is 34.4. The van der Waals surface area contributed by atoms with Crippen LogP contribution in [-0.2, 0) is 4.74 Å². The molecule has 0 aliphatic carbocycles. The largest absolute Gasteiger partial charge is 0.492 e. The van der Waals surface area contributed by atoms with Gasteiger partial charge in [0.2, 0.25) is 0 Å². The van der Waals surface area contributed by atoms with Crippen LogP contribution in [0.4, 0.5) is 10.1 Å². The van der Waals surface area contributed by atoms with E-state index in [2.05, 4.69) is 5.32 Å². The molecule has 2 aromatic carbocycles. The maximum atomic E-state index is 12.8. The van der Waals surface area contributed by atoms with Crippen LogP contribution >= 0.6 is 0 Å². The van der Waals surface area contributed by atoms with E-state index < -0.39 is 28.3 Å². The van der Waals surface area contributed by atoms with Gasteiger partial charge in [-0.25, -0.2) is 9.18 Å². The third-order valence-electron chi connectivity index (χ3n) is 3.37. The van der Waals surface area contributed by atoms with Gasteiger partial charge in [-0.3, -0.25) is 14.9 Å². The Balaban J connectivity index is 2.00. The van der Waals surface area contributed by atoms with E-state index in [1.165, 1.54) is 30.3 Å². The summed E-state index contributed by atoms with van der Waals surface area (Å²) in [6, 6.07) is 8.72. The van der Waals surface area contributed by atoms with Gasteiger partial charge in [-0.05, 0) is 37.3 Å². The standard InChI is InChI=1S/C18H17FN2O6/c1-2-26-18(23)13-9-12(10-15(11-13)21(24)25)17(22)20-7-8-27-16-5-3-14(19)4-6-16/h3-6,9-11H,2,7-8H2,1H3,(H,20,22). The fourth-order valence-electron chi connectivity index (χ4n) is 2.15. The van der Waals surface area contributed by atoms with Gasteiger partial charge in [-0.1, -0.05) is 0 Å². The van der Waals surface area contributed by atoms with E-state index in [0.717, 1.165) is 12.1 Å². The van der Waals surface area contributed by atoms with Crippen LogP contribution in [0, 0.1) is 15.9 Å². The molecule has 0 fully saturated rings. The Labute approximate surface area is 154 Å². The van der Waals surface area contributed by atoms with Gasteiger partial charge >= 0.3 is 5.97 Å². The number of amides is 1. The number of nitro groups is 1. The predicted molar refractivity (Wildman–Crippen MR) is 93.3 cm³/mol. The fourth-order valence-corrected chi connectivity index (χ4v) is 2.15. The average molecular weight is 376 g/mol. The number of ether oxygens (including phenoxy) is 2. The molecule has 0 radical (unpaired) electrons. The van der Waals surface area contributed by atoms with E-state index in [1.807, 2.05) is 0 Å². The predicted octanol–water partition coefficient (Wildman–Crippen LogP) is 2.72. The van der Waals surface area contributed by atoms with Gasteiger partial charge in [0.15, 0.2) is 0 Å². The number of rotatable bonds is 8. The van der Waals surface area contributed by atoms with Crippen molar-refractivity contribution < 1.29 is 28.4 Å². The molecular formula is C18H17FN2O6. The topological polar surface area (TPSA) is 108 Å². The number of halogens is 1. The van der Waals surface area contributed by atoms with Gasteiger partial charge in [0.25, 0.3) is 11.6 Å². The highest BCUT2D eigenvalue weighted by molar-refractivity contribution is 5.99. The van der Waals surface area contributed by atoms with Gasteiger partial charge in [-0.2, -0.15) is 0 Å². The average Bonchev–Trinajstić information content (AvgIpc) is 2.66. The summed E-state index contributed by atoms with van der Waals surface area (Å²) in [6.07, 6.45) is 0. The van der Waals surface area contributed by atoms with Crippen molar-refractivity contribution in [3.05, 3.63) is 69.5 Å². The SMILES string of the molecule is CCOC(=O)c1cc(C(=O)NCCOc2ccc(F)cc2)cc([N+](=O)[O-])c1. The van der Waals surface area contributed by atoms with Crippen LogP contribution in [0.3, 0.4) is 0 Å². The quantitative estimate of drug-likeness (QED) is 0.328. The number of carbonyl (C=O) groups is 2.